The van der Waals surface area contributed by atoms with Crippen molar-refractivity contribution in [3.8, 4) is 0 Å². The van der Waals surface area contributed by atoms with Crippen molar-refractivity contribution in [2.45, 2.75) is 45.4 Å². The van der Waals surface area contributed by atoms with Crippen molar-refractivity contribution in [2.75, 3.05) is 18.4 Å². The number of sulfonamides is 1. The second-order valence-corrected chi connectivity index (χ2v) is 11.4. The molecule has 8 nitrogen and oxygen atoms in total. The Bertz CT molecular complexity index is 1340. The Balaban J connectivity index is 1.56. The number of benzene rings is 1. The van der Waals surface area contributed by atoms with Crippen molar-refractivity contribution in [3.05, 3.63) is 57.4 Å². The SMILES string of the molecule is Cc1ccc(C)c(C=Cc2onc(C)c2S(=O)(=O)N2CCCC(C(=O)Nc3nc(C)cs3)C2)c1. The van der Waals surface area contributed by atoms with Crippen LogP contribution >= 0.6 is 11.3 Å². The van der Waals surface area contributed by atoms with E-state index in [4.69, 9.17) is 4.52 Å². The van der Waals surface area contributed by atoms with E-state index in [1.54, 1.807) is 13.0 Å². The Hall–Kier alpha value is -2.82. The Morgan fingerprint density at radius 3 is 2.76 bits per heavy atom. The summed E-state index contributed by atoms with van der Waals surface area (Å²) in [5, 5.41) is 9.12. The number of nitrogens with zero attached hydrogens (tertiary/aromatic N) is 3. The highest BCUT2D eigenvalue weighted by atomic mass is 32.2. The Morgan fingerprint density at radius 1 is 1.24 bits per heavy atom. The minimum atomic E-state index is -3.91. The molecule has 0 aliphatic carbocycles. The number of aryl methyl sites for hydroxylation is 4. The van der Waals surface area contributed by atoms with E-state index in [-0.39, 0.29) is 23.1 Å². The van der Waals surface area contributed by atoms with Gasteiger partial charge in [-0.2, -0.15) is 4.31 Å². The average Bonchev–Trinajstić information content (AvgIpc) is 3.39. The monoisotopic (exact) mass is 500 g/mol. The van der Waals surface area contributed by atoms with Crippen molar-refractivity contribution in [1.29, 1.82) is 0 Å². The molecule has 0 radical (unpaired) electrons. The topological polar surface area (TPSA) is 105 Å². The summed E-state index contributed by atoms with van der Waals surface area (Å²) >= 11 is 1.35. The predicted molar refractivity (Wildman–Crippen MR) is 133 cm³/mol. The maximum absolute atomic E-state index is 13.6. The quantitative estimate of drug-likeness (QED) is 0.531. The van der Waals surface area contributed by atoms with Gasteiger partial charge in [0.2, 0.25) is 15.9 Å². The maximum atomic E-state index is 13.6. The van der Waals surface area contributed by atoms with Gasteiger partial charge in [-0.05, 0) is 57.7 Å². The summed E-state index contributed by atoms with van der Waals surface area (Å²) in [6.45, 7) is 7.91. The van der Waals surface area contributed by atoms with E-state index in [2.05, 4.69) is 15.5 Å². The summed E-state index contributed by atoms with van der Waals surface area (Å²) < 4.78 is 34.0. The number of hydrogen-bond donors (Lipinski definition) is 1. The summed E-state index contributed by atoms with van der Waals surface area (Å²) in [4.78, 5) is 17.1. The molecular weight excluding hydrogens is 472 g/mol. The van der Waals surface area contributed by atoms with Crippen LogP contribution in [0.4, 0.5) is 5.13 Å². The number of nitrogens with one attached hydrogen (secondary N) is 1. The van der Waals surface area contributed by atoms with Crippen LogP contribution in [0.15, 0.2) is 33.0 Å². The molecule has 0 spiro atoms. The van der Waals surface area contributed by atoms with Crippen molar-refractivity contribution in [3.63, 3.8) is 0 Å². The third kappa shape index (κ3) is 5.13. The molecule has 1 amide bonds. The van der Waals surface area contributed by atoms with Crippen molar-refractivity contribution < 1.29 is 17.7 Å². The van der Waals surface area contributed by atoms with Crippen LogP contribution in [0.1, 0.15) is 46.7 Å². The van der Waals surface area contributed by atoms with Crippen LogP contribution in [0, 0.1) is 33.6 Å². The predicted octanol–water partition coefficient (Wildman–Crippen LogP) is 4.57. The molecule has 1 atom stereocenters. The number of carbonyl (C=O) groups excluding carboxylic acids is 1. The lowest BCUT2D eigenvalue weighted by Gasteiger charge is -2.30. The van der Waals surface area contributed by atoms with E-state index >= 15 is 0 Å². The lowest BCUT2D eigenvalue weighted by atomic mass is 9.99. The van der Waals surface area contributed by atoms with Gasteiger partial charge in [-0.3, -0.25) is 4.79 Å². The van der Waals surface area contributed by atoms with Gasteiger partial charge in [-0.15, -0.1) is 11.3 Å². The van der Waals surface area contributed by atoms with Crippen molar-refractivity contribution >= 4 is 44.6 Å². The molecule has 0 bridgehead atoms. The van der Waals surface area contributed by atoms with E-state index < -0.39 is 15.9 Å². The fourth-order valence-electron chi connectivity index (χ4n) is 4.03. The number of carbonyl (C=O) groups is 1. The molecule has 1 aromatic carbocycles. The third-order valence-corrected chi connectivity index (χ3v) is 8.78. The van der Waals surface area contributed by atoms with Gasteiger partial charge < -0.3 is 9.84 Å². The van der Waals surface area contributed by atoms with E-state index in [1.807, 2.05) is 50.4 Å². The number of rotatable bonds is 6. The average molecular weight is 501 g/mol. The zero-order valence-corrected chi connectivity index (χ0v) is 21.3. The van der Waals surface area contributed by atoms with Crippen LogP contribution in [0.3, 0.4) is 0 Å². The van der Waals surface area contributed by atoms with Gasteiger partial charge in [0, 0.05) is 18.5 Å². The van der Waals surface area contributed by atoms with Gasteiger partial charge in [0.1, 0.15) is 5.69 Å². The minimum Gasteiger partial charge on any atom is -0.355 e. The first-order valence-electron chi connectivity index (χ1n) is 11.1. The second-order valence-electron chi connectivity index (χ2n) is 8.64. The van der Waals surface area contributed by atoms with Gasteiger partial charge in [-0.1, -0.05) is 35.0 Å². The molecule has 4 rings (SSSR count). The Morgan fingerprint density at radius 2 is 2.03 bits per heavy atom. The van der Waals surface area contributed by atoms with Crippen LogP contribution in [-0.2, 0) is 14.8 Å². The first-order valence-corrected chi connectivity index (χ1v) is 13.4. The first-order chi connectivity index (χ1) is 16.1. The molecule has 2 aromatic heterocycles. The molecule has 1 aliphatic rings. The molecular formula is C24H28N4O4S2. The Labute approximate surface area is 203 Å². The van der Waals surface area contributed by atoms with Crippen molar-refractivity contribution in [1.82, 2.24) is 14.4 Å². The third-order valence-electron chi connectivity index (χ3n) is 5.88. The lowest BCUT2D eigenvalue weighted by molar-refractivity contribution is -0.120. The van der Waals surface area contributed by atoms with Crippen molar-refractivity contribution in [2.24, 2.45) is 5.92 Å². The molecule has 1 aliphatic heterocycles. The van der Waals surface area contributed by atoms with Crippen LogP contribution in [0.25, 0.3) is 12.2 Å². The zero-order chi connectivity index (χ0) is 24.5. The highest BCUT2D eigenvalue weighted by molar-refractivity contribution is 7.89. The summed E-state index contributed by atoms with van der Waals surface area (Å²) in [6, 6.07) is 6.07. The number of amides is 1. The molecule has 180 valence electrons. The van der Waals surface area contributed by atoms with E-state index in [0.29, 0.717) is 30.2 Å². The minimum absolute atomic E-state index is 0.0469. The number of aromatic nitrogens is 2. The van der Waals surface area contributed by atoms with Crippen LogP contribution in [-0.4, -0.2) is 41.9 Å². The van der Waals surface area contributed by atoms with Gasteiger partial charge in [0.15, 0.2) is 15.8 Å². The number of piperidine rings is 1. The molecule has 10 heteroatoms. The fraction of sp³-hybridized carbons (Fsp3) is 0.375. The zero-order valence-electron chi connectivity index (χ0n) is 19.7. The highest BCUT2D eigenvalue weighted by Gasteiger charge is 2.37. The highest BCUT2D eigenvalue weighted by Crippen LogP contribution is 2.30. The standard InChI is InChI=1S/C24H28N4O4S2/c1-15-7-8-16(2)19(12-15)9-10-21-22(18(4)27-32-21)34(30,31)28-11-5-6-20(13-28)23(29)26-24-25-17(3)14-33-24/h7-10,12,14,20H,5-6,11,13H2,1-4H3,(H,25,26,29). The normalized spacial score (nSPS) is 17.4. The molecule has 1 N–H and O–H groups in total. The lowest BCUT2D eigenvalue weighted by Crippen LogP contribution is -2.43. The first kappa shape index (κ1) is 24.3. The number of anilines is 1. The largest absolute Gasteiger partial charge is 0.355 e. The van der Waals surface area contributed by atoms with Gasteiger partial charge >= 0.3 is 0 Å². The van der Waals surface area contributed by atoms with Gasteiger partial charge in [0.25, 0.3) is 0 Å². The Kier molecular flexibility index (Phi) is 7.01. The van der Waals surface area contributed by atoms with Gasteiger partial charge in [0.05, 0.1) is 11.6 Å². The van der Waals surface area contributed by atoms with E-state index in [9.17, 15) is 13.2 Å². The van der Waals surface area contributed by atoms with Gasteiger partial charge in [-0.25, -0.2) is 13.4 Å². The molecule has 3 aromatic rings. The van der Waals surface area contributed by atoms with E-state index in [0.717, 1.165) is 22.4 Å². The summed E-state index contributed by atoms with van der Waals surface area (Å²) in [7, 11) is -3.91. The number of hydrogen-bond acceptors (Lipinski definition) is 7. The molecule has 1 saturated heterocycles. The molecule has 1 unspecified atom stereocenters. The maximum Gasteiger partial charge on any atom is 0.248 e. The smallest absolute Gasteiger partial charge is 0.248 e. The second kappa shape index (κ2) is 9.81. The van der Waals surface area contributed by atoms with Crippen LogP contribution < -0.4 is 5.32 Å². The molecule has 34 heavy (non-hydrogen) atoms. The number of thiazole rings is 1. The van der Waals surface area contributed by atoms with Crippen LogP contribution in [0.5, 0.6) is 0 Å². The van der Waals surface area contributed by atoms with E-state index in [1.165, 1.54) is 15.6 Å². The summed E-state index contributed by atoms with van der Waals surface area (Å²) in [5.74, 6) is -0.489. The molecule has 1 fully saturated rings. The fourth-order valence-corrected chi connectivity index (χ4v) is 6.49. The van der Waals surface area contributed by atoms with Crippen LogP contribution in [0.2, 0.25) is 0 Å². The summed E-state index contributed by atoms with van der Waals surface area (Å²) in [5.41, 5.74) is 4.28. The molecule has 0 saturated carbocycles. The summed E-state index contributed by atoms with van der Waals surface area (Å²) in [6.07, 6.45) is 4.69. The molecule has 3 heterocycles.